The Morgan fingerprint density at radius 1 is 1.73 bits per heavy atom. The molecule has 1 aliphatic rings. The lowest BCUT2D eigenvalue weighted by molar-refractivity contribution is 0.139. The first-order valence-corrected chi connectivity index (χ1v) is 4.05. The number of aliphatic hydroxyl groups is 1. The van der Waals surface area contributed by atoms with Crippen LogP contribution in [0.2, 0.25) is 5.15 Å². The molecule has 1 atom stereocenters. The first kappa shape index (κ1) is 7.13. The fraction of sp³-hybridized carbons (Fsp3) is 0.571. The second kappa shape index (κ2) is 2.50. The smallest absolute Gasteiger partial charge is 0.152 e. The van der Waals surface area contributed by atoms with Crippen molar-refractivity contribution >= 4 is 11.6 Å². The second-order valence-electron chi connectivity index (χ2n) is 2.77. The first-order valence-electron chi connectivity index (χ1n) is 3.67. The molecule has 3 nitrogen and oxygen atoms in total. The highest BCUT2D eigenvalue weighted by Gasteiger charge is 2.21. The van der Waals surface area contributed by atoms with Crippen molar-refractivity contribution < 1.29 is 5.11 Å². The fourth-order valence-electron chi connectivity index (χ4n) is 1.47. The van der Waals surface area contributed by atoms with Gasteiger partial charge in [-0.2, -0.15) is 0 Å². The molecule has 1 N–H and O–H groups in total. The Morgan fingerprint density at radius 3 is 3.27 bits per heavy atom. The largest absolute Gasteiger partial charge is 0.387 e. The van der Waals surface area contributed by atoms with E-state index >= 15 is 0 Å². The molecule has 1 aromatic heterocycles. The Kier molecular flexibility index (Phi) is 1.62. The quantitative estimate of drug-likeness (QED) is 0.642. The van der Waals surface area contributed by atoms with Crippen molar-refractivity contribution in [1.29, 1.82) is 0 Å². The molecule has 0 radical (unpaired) electrons. The minimum atomic E-state index is -0.418. The summed E-state index contributed by atoms with van der Waals surface area (Å²) in [5.74, 6) is 0. The molecule has 0 aromatic carbocycles. The van der Waals surface area contributed by atoms with Crippen molar-refractivity contribution in [2.75, 3.05) is 0 Å². The van der Waals surface area contributed by atoms with Crippen LogP contribution in [-0.2, 0) is 6.54 Å². The Bertz CT molecular complexity index is 271. The summed E-state index contributed by atoms with van der Waals surface area (Å²) in [6.07, 6.45) is 3.06. The van der Waals surface area contributed by atoms with E-state index in [4.69, 9.17) is 11.6 Å². The average molecular weight is 173 g/mol. The van der Waals surface area contributed by atoms with Gasteiger partial charge in [0.1, 0.15) is 0 Å². The predicted molar refractivity (Wildman–Crippen MR) is 41.4 cm³/mol. The molecule has 0 aliphatic carbocycles. The van der Waals surface area contributed by atoms with Crippen LogP contribution in [0, 0.1) is 0 Å². The van der Waals surface area contributed by atoms with Gasteiger partial charge in [0.05, 0.1) is 18.1 Å². The van der Waals surface area contributed by atoms with Crippen molar-refractivity contribution in [2.24, 2.45) is 0 Å². The van der Waals surface area contributed by atoms with E-state index in [9.17, 15) is 5.11 Å². The third kappa shape index (κ3) is 1.04. The van der Waals surface area contributed by atoms with Gasteiger partial charge in [0, 0.05) is 6.54 Å². The number of fused-ring (bicyclic) bond motifs is 1. The molecule has 0 spiro atoms. The minimum Gasteiger partial charge on any atom is -0.387 e. The van der Waals surface area contributed by atoms with Gasteiger partial charge in [-0.1, -0.05) is 11.6 Å². The maximum atomic E-state index is 9.49. The van der Waals surface area contributed by atoms with Gasteiger partial charge in [0.2, 0.25) is 0 Å². The third-order valence-corrected chi connectivity index (χ3v) is 2.31. The maximum Gasteiger partial charge on any atom is 0.152 e. The summed E-state index contributed by atoms with van der Waals surface area (Å²) in [5.41, 5.74) is 0.776. The highest BCUT2D eigenvalue weighted by molar-refractivity contribution is 6.30. The molecule has 0 saturated heterocycles. The number of nitrogens with zero attached hydrogens (tertiary/aromatic N) is 2. The summed E-state index contributed by atoms with van der Waals surface area (Å²) < 4.78 is 1.91. The molecule has 0 saturated carbocycles. The monoisotopic (exact) mass is 172 g/mol. The Morgan fingerprint density at radius 2 is 2.55 bits per heavy atom. The Balaban J connectivity index is 2.48. The number of aryl methyl sites for hydroxylation is 1. The number of hydrogen-bond donors (Lipinski definition) is 1. The van der Waals surface area contributed by atoms with Crippen LogP contribution in [0.1, 0.15) is 24.6 Å². The predicted octanol–water partition coefficient (Wildman–Crippen LogP) is 1.36. The van der Waals surface area contributed by atoms with Gasteiger partial charge in [0.25, 0.3) is 0 Å². The summed E-state index contributed by atoms with van der Waals surface area (Å²) in [6, 6.07) is 0. The molecule has 0 bridgehead atoms. The Hall–Kier alpha value is -0.540. The molecular weight excluding hydrogens is 164 g/mol. The average Bonchev–Trinajstić information content (AvgIpc) is 2.34. The van der Waals surface area contributed by atoms with Crippen LogP contribution in [0.5, 0.6) is 0 Å². The van der Waals surface area contributed by atoms with Crippen molar-refractivity contribution in [3.63, 3.8) is 0 Å². The van der Waals surface area contributed by atoms with Crippen molar-refractivity contribution in [3.8, 4) is 0 Å². The fourth-order valence-corrected chi connectivity index (χ4v) is 1.74. The SMILES string of the molecule is OC1CCCn2cnc(Cl)c21. The van der Waals surface area contributed by atoms with Crippen molar-refractivity contribution in [3.05, 3.63) is 17.2 Å². The zero-order valence-corrected chi connectivity index (χ0v) is 6.75. The molecule has 11 heavy (non-hydrogen) atoms. The summed E-state index contributed by atoms with van der Waals surface area (Å²) in [4.78, 5) is 3.92. The van der Waals surface area contributed by atoms with Gasteiger partial charge in [-0.25, -0.2) is 4.98 Å². The van der Waals surface area contributed by atoms with Crippen molar-refractivity contribution in [1.82, 2.24) is 9.55 Å². The highest BCUT2D eigenvalue weighted by atomic mass is 35.5. The standard InChI is InChI=1S/C7H9ClN2O/c8-7-6-5(11)2-1-3-10(6)4-9-7/h4-5,11H,1-3H2. The molecule has 0 amide bonds. The van der Waals surface area contributed by atoms with Crippen LogP contribution in [0.3, 0.4) is 0 Å². The maximum absolute atomic E-state index is 9.49. The molecule has 4 heteroatoms. The molecule has 1 aromatic rings. The van der Waals surface area contributed by atoms with E-state index in [1.54, 1.807) is 6.33 Å². The van der Waals surface area contributed by atoms with Crippen LogP contribution in [0.25, 0.3) is 0 Å². The van der Waals surface area contributed by atoms with Crippen LogP contribution < -0.4 is 0 Å². The lowest BCUT2D eigenvalue weighted by atomic mass is 10.1. The van der Waals surface area contributed by atoms with E-state index in [0.29, 0.717) is 5.15 Å². The summed E-state index contributed by atoms with van der Waals surface area (Å²) in [6.45, 7) is 0.923. The summed E-state index contributed by atoms with van der Waals surface area (Å²) >= 11 is 5.76. The number of aromatic nitrogens is 2. The van der Waals surface area contributed by atoms with E-state index in [0.717, 1.165) is 25.1 Å². The normalized spacial score (nSPS) is 23.3. The topological polar surface area (TPSA) is 38.0 Å². The van der Waals surface area contributed by atoms with Gasteiger partial charge in [-0.15, -0.1) is 0 Å². The highest BCUT2D eigenvalue weighted by Crippen LogP contribution is 2.29. The first-order chi connectivity index (χ1) is 5.29. The van der Waals surface area contributed by atoms with Gasteiger partial charge in [0.15, 0.2) is 5.15 Å². The summed E-state index contributed by atoms with van der Waals surface area (Å²) in [7, 11) is 0. The zero-order chi connectivity index (χ0) is 7.84. The Labute approximate surface area is 69.6 Å². The lowest BCUT2D eigenvalue weighted by Gasteiger charge is -2.19. The van der Waals surface area contributed by atoms with Gasteiger partial charge < -0.3 is 9.67 Å². The van der Waals surface area contributed by atoms with E-state index in [1.807, 2.05) is 4.57 Å². The van der Waals surface area contributed by atoms with Gasteiger partial charge >= 0.3 is 0 Å². The van der Waals surface area contributed by atoms with Gasteiger partial charge in [-0.05, 0) is 12.8 Å². The van der Waals surface area contributed by atoms with Crippen LogP contribution in [0.4, 0.5) is 0 Å². The van der Waals surface area contributed by atoms with Crippen LogP contribution in [-0.4, -0.2) is 14.7 Å². The zero-order valence-electron chi connectivity index (χ0n) is 6.00. The van der Waals surface area contributed by atoms with Gasteiger partial charge in [-0.3, -0.25) is 0 Å². The molecule has 0 fully saturated rings. The molecule has 2 heterocycles. The number of hydrogen-bond acceptors (Lipinski definition) is 2. The van der Waals surface area contributed by atoms with Crippen LogP contribution >= 0.6 is 11.6 Å². The number of imidazole rings is 1. The van der Waals surface area contributed by atoms with Crippen LogP contribution in [0.15, 0.2) is 6.33 Å². The van der Waals surface area contributed by atoms with E-state index in [2.05, 4.69) is 4.98 Å². The van der Waals surface area contributed by atoms with Crippen molar-refractivity contribution in [2.45, 2.75) is 25.5 Å². The van der Waals surface area contributed by atoms with E-state index in [1.165, 1.54) is 0 Å². The van der Waals surface area contributed by atoms with E-state index in [-0.39, 0.29) is 0 Å². The van der Waals surface area contributed by atoms with E-state index < -0.39 is 6.10 Å². The lowest BCUT2D eigenvalue weighted by Crippen LogP contribution is -2.14. The number of halogens is 1. The summed E-state index contributed by atoms with van der Waals surface area (Å²) in [5, 5.41) is 9.93. The number of aliphatic hydroxyl groups excluding tert-OH is 1. The molecular formula is C7H9ClN2O. The molecule has 2 rings (SSSR count). The second-order valence-corrected chi connectivity index (χ2v) is 3.13. The third-order valence-electron chi connectivity index (χ3n) is 2.02. The molecule has 60 valence electrons. The number of rotatable bonds is 0. The molecule has 1 aliphatic heterocycles. The minimum absolute atomic E-state index is 0.418. The molecule has 1 unspecified atom stereocenters.